The van der Waals surface area contributed by atoms with Crippen molar-refractivity contribution in [1.29, 1.82) is 0 Å². The van der Waals surface area contributed by atoms with Gasteiger partial charge >= 0.3 is 6.09 Å². The fraction of sp³-hybridized carbons (Fsp3) is 0.562. The number of carbonyl (C=O) groups excluding carboxylic acids is 1. The molecule has 0 aromatic heterocycles. The summed E-state index contributed by atoms with van der Waals surface area (Å²) in [5.41, 5.74) is 6.08. The van der Waals surface area contributed by atoms with Gasteiger partial charge < -0.3 is 15.4 Å². The van der Waals surface area contributed by atoms with Crippen molar-refractivity contribution in [2.45, 2.75) is 43.9 Å². The third-order valence-corrected chi connectivity index (χ3v) is 4.44. The van der Waals surface area contributed by atoms with Gasteiger partial charge in [-0.15, -0.1) is 12.4 Å². The number of amides is 1. The highest BCUT2D eigenvalue weighted by atomic mass is 35.5. The van der Waals surface area contributed by atoms with Crippen LogP contribution in [0, 0.1) is 0 Å². The first-order valence-corrected chi connectivity index (χ1v) is 8.37. The zero-order valence-corrected chi connectivity index (χ0v) is 15.2. The monoisotopic (exact) mass is 346 g/mol. The predicted octanol–water partition coefficient (Wildman–Crippen LogP) is 3.92. The molecule has 1 amide bonds. The first-order valence-electron chi connectivity index (χ1n) is 7.49. The van der Waals surface area contributed by atoms with Gasteiger partial charge in [-0.2, -0.15) is 0 Å². The van der Waals surface area contributed by atoms with Gasteiger partial charge in [0.2, 0.25) is 0 Å². The van der Waals surface area contributed by atoms with Gasteiger partial charge in [-0.05, 0) is 51.0 Å². The van der Waals surface area contributed by atoms with Crippen LogP contribution in [0.25, 0.3) is 0 Å². The molecule has 1 unspecified atom stereocenters. The molecule has 0 saturated carbocycles. The van der Waals surface area contributed by atoms with Gasteiger partial charge in [-0.25, -0.2) is 4.79 Å². The molecule has 1 atom stereocenters. The van der Waals surface area contributed by atoms with E-state index < -0.39 is 6.09 Å². The Bertz CT molecular complexity index is 442. The highest BCUT2D eigenvalue weighted by Gasteiger charge is 2.11. The van der Waals surface area contributed by atoms with Crippen molar-refractivity contribution in [1.82, 2.24) is 4.90 Å². The topological polar surface area (TPSA) is 55.6 Å². The van der Waals surface area contributed by atoms with Crippen LogP contribution in [-0.4, -0.2) is 36.1 Å². The van der Waals surface area contributed by atoms with Gasteiger partial charge in [0.1, 0.15) is 0 Å². The summed E-state index contributed by atoms with van der Waals surface area (Å²) >= 11 is 1.53. The molecule has 0 saturated heterocycles. The van der Waals surface area contributed by atoms with Crippen molar-refractivity contribution in [3.05, 3.63) is 29.8 Å². The van der Waals surface area contributed by atoms with Crippen LogP contribution in [0.1, 0.15) is 32.8 Å². The average molecular weight is 347 g/mol. The highest BCUT2D eigenvalue weighted by molar-refractivity contribution is 7.99. The molecule has 6 heteroatoms. The Morgan fingerprint density at radius 1 is 1.32 bits per heavy atom. The number of nitrogens with two attached hydrogens (primary N) is 1. The Balaban J connectivity index is 0.00000441. The molecular weight excluding hydrogens is 320 g/mol. The van der Waals surface area contributed by atoms with Crippen molar-refractivity contribution < 1.29 is 9.53 Å². The molecule has 126 valence electrons. The summed E-state index contributed by atoms with van der Waals surface area (Å²) in [5, 5.41) is 0. The molecule has 1 aromatic carbocycles. The van der Waals surface area contributed by atoms with Gasteiger partial charge in [0.05, 0.1) is 0 Å². The van der Waals surface area contributed by atoms with Crippen LogP contribution >= 0.6 is 24.2 Å². The van der Waals surface area contributed by atoms with E-state index in [0.717, 1.165) is 37.4 Å². The van der Waals surface area contributed by atoms with E-state index >= 15 is 0 Å². The van der Waals surface area contributed by atoms with Crippen molar-refractivity contribution in [3.8, 4) is 0 Å². The van der Waals surface area contributed by atoms with Crippen LogP contribution in [0.4, 0.5) is 4.79 Å². The van der Waals surface area contributed by atoms with Crippen LogP contribution in [0.3, 0.4) is 0 Å². The third-order valence-electron chi connectivity index (χ3n) is 3.36. The maximum atomic E-state index is 10.8. The van der Waals surface area contributed by atoms with Gasteiger partial charge in [0.15, 0.2) is 5.44 Å². The summed E-state index contributed by atoms with van der Waals surface area (Å²) in [4.78, 5) is 14.4. The van der Waals surface area contributed by atoms with Crippen molar-refractivity contribution in [2.24, 2.45) is 5.73 Å². The Hall–Kier alpha value is -0.910. The third kappa shape index (κ3) is 7.92. The summed E-state index contributed by atoms with van der Waals surface area (Å²) in [6, 6.07) is 8.27. The summed E-state index contributed by atoms with van der Waals surface area (Å²) in [7, 11) is 0. The van der Waals surface area contributed by atoms with Gasteiger partial charge in [0, 0.05) is 4.90 Å². The normalized spacial score (nSPS) is 11.8. The number of halogens is 1. The Morgan fingerprint density at radius 3 is 2.55 bits per heavy atom. The van der Waals surface area contributed by atoms with Crippen molar-refractivity contribution in [3.63, 3.8) is 0 Å². The second-order valence-corrected chi connectivity index (χ2v) is 6.20. The van der Waals surface area contributed by atoms with Crippen molar-refractivity contribution in [2.75, 3.05) is 19.6 Å². The summed E-state index contributed by atoms with van der Waals surface area (Å²) in [6.07, 6.45) is 1.43. The fourth-order valence-corrected chi connectivity index (χ4v) is 3.20. The van der Waals surface area contributed by atoms with Gasteiger partial charge in [0.25, 0.3) is 0 Å². The number of primary amides is 1. The minimum atomic E-state index is -0.728. The van der Waals surface area contributed by atoms with E-state index in [2.05, 4.69) is 36.9 Å². The van der Waals surface area contributed by atoms with E-state index in [-0.39, 0.29) is 17.8 Å². The molecular formula is C16H27ClN2O2S. The molecule has 1 rings (SSSR count). The van der Waals surface area contributed by atoms with Crippen molar-refractivity contribution >= 4 is 30.3 Å². The maximum Gasteiger partial charge on any atom is 0.405 e. The summed E-state index contributed by atoms with van der Waals surface area (Å²) in [6.45, 7) is 9.51. The highest BCUT2D eigenvalue weighted by Crippen LogP contribution is 2.28. The number of hydrogen-bond donors (Lipinski definition) is 1. The quantitative estimate of drug-likeness (QED) is 0.544. The van der Waals surface area contributed by atoms with Crippen LogP contribution in [0.15, 0.2) is 29.2 Å². The fourth-order valence-electron chi connectivity index (χ4n) is 2.22. The second kappa shape index (κ2) is 11.6. The zero-order chi connectivity index (χ0) is 15.7. The molecule has 0 fully saturated rings. The molecule has 1 aromatic rings. The Labute approximate surface area is 144 Å². The molecule has 0 aliphatic heterocycles. The largest absolute Gasteiger partial charge is 0.435 e. The van der Waals surface area contributed by atoms with Crippen LogP contribution in [-0.2, 0) is 11.2 Å². The first kappa shape index (κ1) is 21.1. The van der Waals surface area contributed by atoms with E-state index in [9.17, 15) is 4.79 Å². The zero-order valence-electron chi connectivity index (χ0n) is 13.6. The minimum Gasteiger partial charge on any atom is -0.435 e. The lowest BCUT2D eigenvalue weighted by Gasteiger charge is -2.18. The molecule has 22 heavy (non-hydrogen) atoms. The molecule has 4 nitrogen and oxygen atoms in total. The number of hydrogen-bond acceptors (Lipinski definition) is 4. The van der Waals surface area contributed by atoms with E-state index in [0.29, 0.717) is 0 Å². The standard InChI is InChI=1S/C16H26N2O2S.ClH/c1-4-18(5-2)12-8-10-14-9-6-7-11-15(14)21-13(3)20-16(17)19;/h6-7,9,11,13H,4-5,8,10,12H2,1-3H3,(H2,17,19);1H. The smallest absolute Gasteiger partial charge is 0.405 e. The lowest BCUT2D eigenvalue weighted by Crippen LogP contribution is -2.24. The molecule has 0 heterocycles. The number of thioether (sulfide) groups is 1. The first-order chi connectivity index (χ1) is 10.1. The van der Waals surface area contributed by atoms with Gasteiger partial charge in [-0.3, -0.25) is 0 Å². The second-order valence-electron chi connectivity index (χ2n) is 4.86. The number of nitrogens with zero attached hydrogens (tertiary/aromatic N) is 1. The van der Waals surface area contributed by atoms with Crippen LogP contribution in [0.2, 0.25) is 0 Å². The average Bonchev–Trinajstić information content (AvgIpc) is 2.44. The molecule has 0 bridgehead atoms. The van der Waals surface area contributed by atoms with Crippen LogP contribution < -0.4 is 5.73 Å². The number of ether oxygens (including phenoxy) is 1. The van der Waals surface area contributed by atoms with Crippen LogP contribution in [0.5, 0.6) is 0 Å². The number of carbonyl (C=O) groups is 1. The van der Waals surface area contributed by atoms with E-state index in [1.165, 1.54) is 17.3 Å². The summed E-state index contributed by atoms with van der Waals surface area (Å²) < 4.78 is 4.98. The molecule has 0 radical (unpaired) electrons. The lowest BCUT2D eigenvalue weighted by atomic mass is 10.1. The number of benzene rings is 1. The number of rotatable bonds is 9. The Kier molecular flexibility index (Phi) is 11.1. The molecule has 0 aliphatic rings. The lowest BCUT2D eigenvalue weighted by molar-refractivity contribution is 0.152. The molecule has 0 aliphatic carbocycles. The summed E-state index contributed by atoms with van der Waals surface area (Å²) in [5.74, 6) is 0. The molecule has 2 N–H and O–H groups in total. The van der Waals surface area contributed by atoms with E-state index in [1.807, 2.05) is 13.0 Å². The maximum absolute atomic E-state index is 10.8. The Morgan fingerprint density at radius 2 is 1.95 bits per heavy atom. The number of aryl methyl sites for hydroxylation is 1. The SMILES string of the molecule is CCN(CC)CCCc1ccccc1SC(C)OC(N)=O.Cl. The van der Waals surface area contributed by atoms with Gasteiger partial charge in [-0.1, -0.05) is 43.8 Å². The minimum absolute atomic E-state index is 0. The molecule has 0 spiro atoms. The van der Waals surface area contributed by atoms with E-state index in [4.69, 9.17) is 10.5 Å². The van der Waals surface area contributed by atoms with E-state index in [1.54, 1.807) is 0 Å². The predicted molar refractivity (Wildman–Crippen MR) is 95.8 cm³/mol.